The van der Waals surface area contributed by atoms with Gasteiger partial charge in [0.15, 0.2) is 0 Å². The molecular formula is C15H13F4NO. The van der Waals surface area contributed by atoms with Crippen molar-refractivity contribution in [1.82, 2.24) is 4.98 Å². The van der Waals surface area contributed by atoms with Crippen LogP contribution in [0.4, 0.5) is 17.6 Å². The van der Waals surface area contributed by atoms with E-state index >= 15 is 0 Å². The zero-order chi connectivity index (χ0) is 15.6. The van der Waals surface area contributed by atoms with E-state index < -0.39 is 23.7 Å². The molecule has 0 saturated carbocycles. The summed E-state index contributed by atoms with van der Waals surface area (Å²) in [5, 5.41) is 10.2. The van der Waals surface area contributed by atoms with Crippen molar-refractivity contribution in [1.29, 1.82) is 0 Å². The Balaban J connectivity index is 2.47. The summed E-state index contributed by atoms with van der Waals surface area (Å²) in [5.74, 6) is -1.37. The van der Waals surface area contributed by atoms with Gasteiger partial charge in [-0.1, -0.05) is 19.1 Å². The molecule has 0 radical (unpaired) electrons. The number of nitrogens with zero attached hydrogens (tertiary/aromatic N) is 1. The van der Waals surface area contributed by atoms with Crippen LogP contribution < -0.4 is 0 Å². The minimum Gasteiger partial charge on any atom is -0.382 e. The lowest BCUT2D eigenvalue weighted by atomic mass is 9.99. The number of pyridine rings is 1. The maximum atomic E-state index is 13.3. The lowest BCUT2D eigenvalue weighted by Gasteiger charge is -2.16. The van der Waals surface area contributed by atoms with E-state index in [-0.39, 0.29) is 11.3 Å². The van der Waals surface area contributed by atoms with E-state index in [9.17, 15) is 22.7 Å². The van der Waals surface area contributed by atoms with Gasteiger partial charge in [0.2, 0.25) is 0 Å². The minimum absolute atomic E-state index is 0.0443. The molecule has 0 fully saturated rings. The molecule has 0 aliphatic carbocycles. The number of hydrogen-bond donors (Lipinski definition) is 1. The molecule has 2 aromatic rings. The van der Waals surface area contributed by atoms with Crippen LogP contribution in [0.5, 0.6) is 0 Å². The summed E-state index contributed by atoms with van der Waals surface area (Å²) in [4.78, 5) is 4.02. The summed E-state index contributed by atoms with van der Waals surface area (Å²) >= 11 is 0. The molecule has 0 aliphatic rings. The molecule has 1 N–H and O–H groups in total. The van der Waals surface area contributed by atoms with Gasteiger partial charge in [-0.15, -0.1) is 0 Å². The quantitative estimate of drug-likeness (QED) is 0.872. The van der Waals surface area contributed by atoms with E-state index in [0.29, 0.717) is 18.6 Å². The number of aryl methyl sites for hydroxylation is 1. The second kappa shape index (κ2) is 5.81. The summed E-state index contributed by atoms with van der Waals surface area (Å²) in [6, 6.07) is 5.87. The molecule has 1 aromatic carbocycles. The van der Waals surface area contributed by atoms with Gasteiger partial charge in [-0.25, -0.2) is 4.39 Å². The van der Waals surface area contributed by atoms with Gasteiger partial charge < -0.3 is 5.11 Å². The third-order valence-electron chi connectivity index (χ3n) is 3.18. The molecule has 0 spiro atoms. The Bertz CT molecular complexity index is 640. The number of benzene rings is 1. The largest absolute Gasteiger partial charge is 0.419 e. The van der Waals surface area contributed by atoms with Gasteiger partial charge in [0.05, 0.1) is 11.3 Å². The molecule has 2 nitrogen and oxygen atoms in total. The summed E-state index contributed by atoms with van der Waals surface area (Å²) in [6.45, 7) is 1.85. The molecular weight excluding hydrogens is 286 g/mol. The molecule has 0 saturated heterocycles. The predicted molar refractivity (Wildman–Crippen MR) is 69.1 cm³/mol. The SMILES string of the molecule is CCc1cccnc1C(O)c1ccc(F)c(C(F)(F)F)c1. The van der Waals surface area contributed by atoms with Crippen LogP contribution >= 0.6 is 0 Å². The Hall–Kier alpha value is -1.95. The Morgan fingerprint density at radius 1 is 1.24 bits per heavy atom. The highest BCUT2D eigenvalue weighted by molar-refractivity contribution is 5.35. The van der Waals surface area contributed by atoms with Crippen LogP contribution in [0.1, 0.15) is 35.4 Å². The average Bonchev–Trinajstić information content (AvgIpc) is 2.45. The average molecular weight is 299 g/mol. The fourth-order valence-corrected chi connectivity index (χ4v) is 2.08. The first-order valence-electron chi connectivity index (χ1n) is 6.33. The maximum Gasteiger partial charge on any atom is 0.419 e. The topological polar surface area (TPSA) is 33.1 Å². The first-order valence-corrected chi connectivity index (χ1v) is 6.33. The molecule has 1 aromatic heterocycles. The van der Waals surface area contributed by atoms with E-state index in [1.807, 2.05) is 6.92 Å². The molecule has 21 heavy (non-hydrogen) atoms. The lowest BCUT2D eigenvalue weighted by Crippen LogP contribution is -2.11. The highest BCUT2D eigenvalue weighted by atomic mass is 19.4. The van der Waals surface area contributed by atoms with Crippen LogP contribution in [-0.4, -0.2) is 10.1 Å². The third-order valence-corrected chi connectivity index (χ3v) is 3.18. The number of aliphatic hydroxyl groups excluding tert-OH is 1. The smallest absolute Gasteiger partial charge is 0.382 e. The molecule has 1 atom stereocenters. The first-order chi connectivity index (χ1) is 9.84. The van der Waals surface area contributed by atoms with E-state index in [1.165, 1.54) is 6.20 Å². The molecule has 112 valence electrons. The van der Waals surface area contributed by atoms with Crippen molar-refractivity contribution in [3.63, 3.8) is 0 Å². The fourth-order valence-electron chi connectivity index (χ4n) is 2.08. The molecule has 1 unspecified atom stereocenters. The monoisotopic (exact) mass is 299 g/mol. The summed E-state index contributed by atoms with van der Waals surface area (Å²) in [5.41, 5.74) is -0.437. The van der Waals surface area contributed by atoms with Gasteiger partial charge in [-0.05, 0) is 35.7 Å². The maximum absolute atomic E-state index is 13.3. The van der Waals surface area contributed by atoms with Gasteiger partial charge in [0.1, 0.15) is 11.9 Å². The van der Waals surface area contributed by atoms with Crippen LogP contribution in [0, 0.1) is 5.82 Å². The molecule has 1 heterocycles. The van der Waals surface area contributed by atoms with Crippen LogP contribution in [0.2, 0.25) is 0 Å². The first kappa shape index (κ1) is 15.4. The normalized spacial score (nSPS) is 13.2. The summed E-state index contributed by atoms with van der Waals surface area (Å²) in [6.07, 6.45) is -4.11. The lowest BCUT2D eigenvalue weighted by molar-refractivity contribution is -0.140. The van der Waals surface area contributed by atoms with Crippen molar-refractivity contribution >= 4 is 0 Å². The van der Waals surface area contributed by atoms with Crippen molar-refractivity contribution in [2.24, 2.45) is 0 Å². The summed E-state index contributed by atoms with van der Waals surface area (Å²) < 4.78 is 51.4. The molecule has 0 amide bonds. The Morgan fingerprint density at radius 3 is 2.57 bits per heavy atom. The Labute approximate surface area is 119 Å². The number of aliphatic hydroxyl groups is 1. The number of alkyl halides is 3. The van der Waals surface area contributed by atoms with Crippen LogP contribution in [0.15, 0.2) is 36.5 Å². The third kappa shape index (κ3) is 3.21. The summed E-state index contributed by atoms with van der Waals surface area (Å²) in [7, 11) is 0. The predicted octanol–water partition coefficient (Wildman–Crippen LogP) is 3.88. The Kier molecular flexibility index (Phi) is 4.27. The van der Waals surface area contributed by atoms with Gasteiger partial charge in [-0.2, -0.15) is 13.2 Å². The minimum atomic E-state index is -4.81. The van der Waals surface area contributed by atoms with E-state index in [1.54, 1.807) is 12.1 Å². The highest BCUT2D eigenvalue weighted by Crippen LogP contribution is 2.34. The zero-order valence-electron chi connectivity index (χ0n) is 11.2. The fraction of sp³-hybridized carbons (Fsp3) is 0.267. The van der Waals surface area contributed by atoms with Gasteiger partial charge in [0, 0.05) is 6.20 Å². The van der Waals surface area contributed by atoms with Crippen molar-refractivity contribution in [3.05, 3.63) is 64.7 Å². The van der Waals surface area contributed by atoms with E-state index in [4.69, 9.17) is 0 Å². The van der Waals surface area contributed by atoms with Crippen molar-refractivity contribution in [2.75, 3.05) is 0 Å². The van der Waals surface area contributed by atoms with Gasteiger partial charge >= 0.3 is 6.18 Å². The highest BCUT2D eigenvalue weighted by Gasteiger charge is 2.34. The molecule has 6 heteroatoms. The van der Waals surface area contributed by atoms with E-state index in [0.717, 1.165) is 11.6 Å². The molecule has 0 aliphatic heterocycles. The molecule has 2 rings (SSSR count). The standard InChI is InChI=1S/C15H13F4NO/c1-2-9-4-3-7-20-13(9)14(21)10-5-6-12(16)11(8-10)15(17,18)19/h3-8,14,21H,2H2,1H3. The van der Waals surface area contributed by atoms with Crippen molar-refractivity contribution < 1.29 is 22.7 Å². The van der Waals surface area contributed by atoms with Gasteiger partial charge in [0.25, 0.3) is 0 Å². The number of halogens is 4. The van der Waals surface area contributed by atoms with Gasteiger partial charge in [-0.3, -0.25) is 4.98 Å². The number of rotatable bonds is 3. The van der Waals surface area contributed by atoms with Crippen molar-refractivity contribution in [3.8, 4) is 0 Å². The van der Waals surface area contributed by atoms with E-state index in [2.05, 4.69) is 4.98 Å². The second-order valence-corrected chi connectivity index (χ2v) is 4.54. The number of aromatic nitrogens is 1. The van der Waals surface area contributed by atoms with Crippen LogP contribution in [0.3, 0.4) is 0 Å². The zero-order valence-corrected chi connectivity index (χ0v) is 11.2. The second-order valence-electron chi connectivity index (χ2n) is 4.54. The van der Waals surface area contributed by atoms with Crippen LogP contribution in [-0.2, 0) is 12.6 Å². The van der Waals surface area contributed by atoms with Crippen LogP contribution in [0.25, 0.3) is 0 Å². The Morgan fingerprint density at radius 2 is 1.95 bits per heavy atom. The number of hydrogen-bond acceptors (Lipinski definition) is 2. The molecule has 0 bridgehead atoms. The van der Waals surface area contributed by atoms with Crippen molar-refractivity contribution in [2.45, 2.75) is 25.6 Å².